The molecule has 0 aromatic heterocycles. The van der Waals surface area contributed by atoms with E-state index in [0.29, 0.717) is 18.0 Å². The van der Waals surface area contributed by atoms with Crippen molar-refractivity contribution in [2.75, 3.05) is 24.6 Å². The van der Waals surface area contributed by atoms with Gasteiger partial charge in [-0.05, 0) is 19.1 Å². The number of nitrogens with zero attached hydrogens (tertiary/aromatic N) is 1. The fourth-order valence-corrected chi connectivity index (χ4v) is 2.38. The summed E-state index contributed by atoms with van der Waals surface area (Å²) in [5.74, 6) is -1.68. The van der Waals surface area contributed by atoms with Gasteiger partial charge in [0.05, 0.1) is 18.2 Å². The quantitative estimate of drug-likeness (QED) is 0.804. The van der Waals surface area contributed by atoms with Crippen LogP contribution < -0.4 is 15.0 Å². The Morgan fingerprint density at radius 2 is 2.14 bits per heavy atom. The Balaban J connectivity index is 2.10. The van der Waals surface area contributed by atoms with Crippen molar-refractivity contribution in [2.45, 2.75) is 13.3 Å². The van der Waals surface area contributed by atoms with Gasteiger partial charge in [-0.2, -0.15) is 0 Å². The number of hydrogen-bond acceptors (Lipinski definition) is 4. The number of rotatable bonds is 6. The molecule has 7 heteroatoms. The van der Waals surface area contributed by atoms with Gasteiger partial charge in [-0.25, -0.2) is 0 Å². The van der Waals surface area contributed by atoms with E-state index in [2.05, 4.69) is 5.32 Å². The first-order chi connectivity index (χ1) is 10.5. The van der Waals surface area contributed by atoms with Crippen LogP contribution in [0.3, 0.4) is 0 Å². The van der Waals surface area contributed by atoms with Gasteiger partial charge in [-0.15, -0.1) is 0 Å². The standard InChI is InChI=1S/C15H18N2O5/c1-2-22-12-6-4-3-5-11(12)17-9-10(7-13(17)18)15(21)16-8-14(19)20/h3-6,10H,2,7-9H2,1H3,(H,16,21)(H,19,20). The monoisotopic (exact) mass is 306 g/mol. The lowest BCUT2D eigenvalue weighted by atomic mass is 10.1. The number of aliphatic carboxylic acids is 1. The molecule has 0 saturated carbocycles. The van der Waals surface area contributed by atoms with Crippen LogP contribution in [0.25, 0.3) is 0 Å². The molecule has 1 heterocycles. The summed E-state index contributed by atoms with van der Waals surface area (Å²) in [6, 6.07) is 7.14. The van der Waals surface area contributed by atoms with E-state index in [1.807, 2.05) is 13.0 Å². The van der Waals surface area contributed by atoms with Crippen LogP contribution in [0.1, 0.15) is 13.3 Å². The van der Waals surface area contributed by atoms with Crippen LogP contribution in [0, 0.1) is 5.92 Å². The van der Waals surface area contributed by atoms with Crippen molar-refractivity contribution >= 4 is 23.5 Å². The highest BCUT2D eigenvalue weighted by Crippen LogP contribution is 2.33. The third-order valence-corrected chi connectivity index (χ3v) is 3.37. The second kappa shape index (κ2) is 6.93. The number of anilines is 1. The van der Waals surface area contributed by atoms with E-state index < -0.39 is 24.3 Å². The first-order valence-electron chi connectivity index (χ1n) is 7.04. The Morgan fingerprint density at radius 1 is 1.41 bits per heavy atom. The molecule has 7 nitrogen and oxygen atoms in total. The lowest BCUT2D eigenvalue weighted by Gasteiger charge is -2.20. The molecule has 1 saturated heterocycles. The van der Waals surface area contributed by atoms with Crippen molar-refractivity contribution in [3.8, 4) is 5.75 Å². The highest BCUT2D eigenvalue weighted by molar-refractivity contribution is 6.01. The van der Waals surface area contributed by atoms with Crippen LogP contribution in [0.2, 0.25) is 0 Å². The largest absolute Gasteiger partial charge is 0.492 e. The van der Waals surface area contributed by atoms with Crippen molar-refractivity contribution in [2.24, 2.45) is 5.92 Å². The summed E-state index contributed by atoms with van der Waals surface area (Å²) in [6.45, 7) is 2.10. The van der Waals surface area contributed by atoms with Gasteiger partial charge in [0.1, 0.15) is 12.3 Å². The summed E-state index contributed by atoms with van der Waals surface area (Å²) in [4.78, 5) is 36.0. The predicted molar refractivity (Wildman–Crippen MR) is 78.7 cm³/mol. The molecule has 2 N–H and O–H groups in total. The fraction of sp³-hybridized carbons (Fsp3) is 0.400. The van der Waals surface area contributed by atoms with Crippen LogP contribution in [-0.4, -0.2) is 42.6 Å². The van der Waals surface area contributed by atoms with Gasteiger partial charge in [0, 0.05) is 13.0 Å². The smallest absolute Gasteiger partial charge is 0.322 e. The van der Waals surface area contributed by atoms with E-state index in [-0.39, 0.29) is 18.9 Å². The minimum atomic E-state index is -1.11. The van der Waals surface area contributed by atoms with Crippen LogP contribution in [0.15, 0.2) is 24.3 Å². The molecule has 0 aliphatic carbocycles. The van der Waals surface area contributed by atoms with Gasteiger partial charge in [0.2, 0.25) is 11.8 Å². The van der Waals surface area contributed by atoms with Gasteiger partial charge in [0.25, 0.3) is 0 Å². The molecule has 1 aromatic rings. The van der Waals surface area contributed by atoms with E-state index in [4.69, 9.17) is 9.84 Å². The second-order valence-electron chi connectivity index (χ2n) is 4.92. The minimum Gasteiger partial charge on any atom is -0.492 e. The summed E-state index contributed by atoms with van der Waals surface area (Å²) < 4.78 is 5.50. The maximum Gasteiger partial charge on any atom is 0.322 e. The normalized spacial score (nSPS) is 17.4. The number of carbonyl (C=O) groups is 3. The Bertz CT molecular complexity index is 587. The average Bonchev–Trinajstić information content (AvgIpc) is 2.87. The molecule has 0 radical (unpaired) electrons. The number of amides is 2. The van der Waals surface area contributed by atoms with E-state index >= 15 is 0 Å². The van der Waals surface area contributed by atoms with E-state index in [0.717, 1.165) is 0 Å². The molecule has 2 amide bonds. The van der Waals surface area contributed by atoms with Crippen LogP contribution in [-0.2, 0) is 14.4 Å². The van der Waals surface area contributed by atoms with E-state index in [9.17, 15) is 14.4 Å². The maximum atomic E-state index is 12.2. The zero-order valence-electron chi connectivity index (χ0n) is 12.2. The zero-order chi connectivity index (χ0) is 16.1. The topological polar surface area (TPSA) is 95.9 Å². The molecule has 1 aliphatic heterocycles. The van der Waals surface area contributed by atoms with Gasteiger partial charge in [0.15, 0.2) is 0 Å². The second-order valence-corrected chi connectivity index (χ2v) is 4.92. The molecule has 2 rings (SSSR count). The van der Waals surface area contributed by atoms with Gasteiger partial charge >= 0.3 is 5.97 Å². The average molecular weight is 306 g/mol. The van der Waals surface area contributed by atoms with Gasteiger partial charge in [-0.1, -0.05) is 12.1 Å². The summed E-state index contributed by atoms with van der Waals surface area (Å²) in [5, 5.41) is 10.9. The Hall–Kier alpha value is -2.57. The third-order valence-electron chi connectivity index (χ3n) is 3.37. The fourth-order valence-electron chi connectivity index (χ4n) is 2.38. The summed E-state index contributed by atoms with van der Waals surface area (Å²) in [6.07, 6.45) is 0.0614. The molecule has 0 spiro atoms. The Labute approximate surface area is 127 Å². The first-order valence-corrected chi connectivity index (χ1v) is 7.04. The number of carboxylic acids is 1. The zero-order valence-corrected chi connectivity index (χ0v) is 12.2. The predicted octanol–water partition coefficient (Wildman–Crippen LogP) is 0.639. The highest BCUT2D eigenvalue weighted by atomic mass is 16.5. The van der Waals surface area contributed by atoms with Crippen molar-refractivity contribution in [3.05, 3.63) is 24.3 Å². The first kappa shape index (κ1) is 15.8. The molecular weight excluding hydrogens is 288 g/mol. The number of benzene rings is 1. The molecular formula is C15H18N2O5. The van der Waals surface area contributed by atoms with Gasteiger partial charge < -0.3 is 20.1 Å². The molecule has 1 unspecified atom stereocenters. The molecule has 1 aromatic carbocycles. The number of para-hydroxylation sites is 2. The van der Waals surface area contributed by atoms with Crippen LogP contribution in [0.4, 0.5) is 5.69 Å². The summed E-state index contributed by atoms with van der Waals surface area (Å²) >= 11 is 0. The highest BCUT2D eigenvalue weighted by Gasteiger charge is 2.36. The Kier molecular flexibility index (Phi) is 4.98. The van der Waals surface area contributed by atoms with Crippen LogP contribution >= 0.6 is 0 Å². The maximum absolute atomic E-state index is 12.2. The molecule has 1 fully saturated rings. The van der Waals surface area contributed by atoms with E-state index in [1.54, 1.807) is 18.2 Å². The number of hydrogen-bond donors (Lipinski definition) is 2. The van der Waals surface area contributed by atoms with Gasteiger partial charge in [-0.3, -0.25) is 14.4 Å². The number of nitrogens with one attached hydrogen (secondary N) is 1. The molecule has 1 atom stereocenters. The molecule has 118 valence electrons. The molecule has 0 bridgehead atoms. The van der Waals surface area contributed by atoms with E-state index in [1.165, 1.54) is 4.90 Å². The minimum absolute atomic E-state index is 0.0614. The third kappa shape index (κ3) is 3.55. The summed E-state index contributed by atoms with van der Waals surface area (Å²) in [5.41, 5.74) is 0.628. The molecule has 22 heavy (non-hydrogen) atoms. The van der Waals surface area contributed by atoms with Crippen molar-refractivity contribution in [3.63, 3.8) is 0 Å². The number of ether oxygens (including phenoxy) is 1. The van der Waals surface area contributed by atoms with Crippen molar-refractivity contribution in [1.29, 1.82) is 0 Å². The lowest BCUT2D eigenvalue weighted by Crippen LogP contribution is -2.36. The lowest BCUT2D eigenvalue weighted by molar-refractivity contribution is -0.138. The number of carboxylic acid groups (broad SMARTS) is 1. The molecule has 1 aliphatic rings. The Morgan fingerprint density at radius 3 is 2.82 bits per heavy atom. The number of carbonyl (C=O) groups excluding carboxylic acids is 2. The van der Waals surface area contributed by atoms with Crippen LogP contribution in [0.5, 0.6) is 5.75 Å². The SMILES string of the molecule is CCOc1ccccc1N1CC(C(=O)NCC(=O)O)CC1=O. The van der Waals surface area contributed by atoms with Crippen molar-refractivity contribution < 1.29 is 24.2 Å². The summed E-state index contributed by atoms with van der Waals surface area (Å²) in [7, 11) is 0. The van der Waals surface area contributed by atoms with Crippen molar-refractivity contribution in [1.82, 2.24) is 5.32 Å².